The zero-order valence-corrected chi connectivity index (χ0v) is 17.2. The van der Waals surface area contributed by atoms with Gasteiger partial charge in [0.15, 0.2) is 0 Å². The number of phenols is 1. The molecule has 0 unspecified atom stereocenters. The van der Waals surface area contributed by atoms with E-state index in [2.05, 4.69) is 5.32 Å². The number of benzene rings is 2. The van der Waals surface area contributed by atoms with E-state index >= 15 is 0 Å². The van der Waals surface area contributed by atoms with Crippen LogP contribution in [0.4, 0.5) is 24.5 Å². The van der Waals surface area contributed by atoms with Gasteiger partial charge >= 0.3 is 6.18 Å². The molecule has 2 aliphatic rings. The molecule has 1 atom stereocenters. The van der Waals surface area contributed by atoms with Crippen LogP contribution in [0.5, 0.6) is 5.75 Å². The van der Waals surface area contributed by atoms with E-state index in [9.17, 15) is 27.9 Å². The van der Waals surface area contributed by atoms with E-state index in [4.69, 9.17) is 0 Å². The second-order valence-corrected chi connectivity index (χ2v) is 8.61. The Morgan fingerprint density at radius 2 is 1.84 bits per heavy atom. The van der Waals surface area contributed by atoms with E-state index in [0.717, 1.165) is 23.9 Å². The van der Waals surface area contributed by atoms with Gasteiger partial charge in [-0.15, -0.1) is 11.8 Å². The number of halogens is 3. The second-order valence-electron chi connectivity index (χ2n) is 7.37. The highest BCUT2D eigenvalue weighted by Gasteiger charge is 2.35. The summed E-state index contributed by atoms with van der Waals surface area (Å²) < 4.78 is 38.6. The summed E-state index contributed by atoms with van der Waals surface area (Å²) in [7, 11) is 0. The van der Waals surface area contributed by atoms with E-state index in [1.165, 1.54) is 6.07 Å². The predicted octanol–water partition coefficient (Wildman–Crippen LogP) is 3.56. The Balaban J connectivity index is 1.36. The lowest BCUT2D eigenvalue weighted by atomic mass is 10.1. The smallest absolute Gasteiger partial charge is 0.416 e. The van der Waals surface area contributed by atoms with Crippen LogP contribution in [0.3, 0.4) is 0 Å². The largest absolute Gasteiger partial charge is 0.506 e. The van der Waals surface area contributed by atoms with Crippen LogP contribution in [0.15, 0.2) is 47.4 Å². The number of para-hydroxylation sites is 2. The van der Waals surface area contributed by atoms with Crippen LogP contribution in [-0.4, -0.2) is 53.2 Å². The molecule has 164 valence electrons. The highest BCUT2D eigenvalue weighted by atomic mass is 32.2. The van der Waals surface area contributed by atoms with Crippen molar-refractivity contribution < 1.29 is 27.9 Å². The van der Waals surface area contributed by atoms with Gasteiger partial charge in [0.1, 0.15) is 5.75 Å². The fraction of sp³-hybridized carbons (Fsp3) is 0.333. The Labute approximate surface area is 181 Å². The molecule has 2 amide bonds. The van der Waals surface area contributed by atoms with Crippen molar-refractivity contribution in [1.29, 1.82) is 0 Å². The molecular formula is C21H20F3N3O3S. The van der Waals surface area contributed by atoms with Crippen LogP contribution in [0, 0.1) is 0 Å². The van der Waals surface area contributed by atoms with E-state index in [-0.39, 0.29) is 23.8 Å². The van der Waals surface area contributed by atoms with Crippen molar-refractivity contribution in [1.82, 2.24) is 4.90 Å². The number of nitrogens with one attached hydrogen (secondary N) is 1. The molecule has 0 aromatic heterocycles. The third-order valence-corrected chi connectivity index (χ3v) is 6.62. The first-order valence-corrected chi connectivity index (χ1v) is 10.6. The molecule has 2 aromatic rings. The van der Waals surface area contributed by atoms with Crippen molar-refractivity contribution in [2.24, 2.45) is 0 Å². The Morgan fingerprint density at radius 3 is 2.52 bits per heavy atom. The third kappa shape index (κ3) is 4.58. The summed E-state index contributed by atoms with van der Waals surface area (Å²) in [6.07, 6.45) is -4.52. The first-order chi connectivity index (χ1) is 14.7. The topological polar surface area (TPSA) is 72.9 Å². The molecule has 1 fully saturated rings. The average molecular weight is 451 g/mol. The van der Waals surface area contributed by atoms with Crippen LogP contribution < -0.4 is 10.2 Å². The summed E-state index contributed by atoms with van der Waals surface area (Å²) in [4.78, 5) is 29.3. The molecule has 31 heavy (non-hydrogen) atoms. The molecule has 0 bridgehead atoms. The number of anilines is 2. The molecule has 0 saturated carbocycles. The van der Waals surface area contributed by atoms with Crippen molar-refractivity contribution >= 4 is 35.0 Å². The lowest BCUT2D eigenvalue weighted by Gasteiger charge is -2.37. The Morgan fingerprint density at radius 1 is 1.13 bits per heavy atom. The number of rotatable bonds is 3. The average Bonchev–Trinajstić information content (AvgIpc) is 2.74. The van der Waals surface area contributed by atoms with Crippen LogP contribution in [0.2, 0.25) is 0 Å². The van der Waals surface area contributed by atoms with Gasteiger partial charge in [-0.1, -0.05) is 12.1 Å². The third-order valence-electron chi connectivity index (χ3n) is 5.34. The van der Waals surface area contributed by atoms with Gasteiger partial charge in [-0.3, -0.25) is 9.59 Å². The Kier molecular flexibility index (Phi) is 5.74. The van der Waals surface area contributed by atoms with Gasteiger partial charge in [-0.05, 0) is 30.3 Å². The van der Waals surface area contributed by atoms with Gasteiger partial charge in [0, 0.05) is 37.5 Å². The SMILES string of the molecule is O=C1Nc2cc(C(F)(F)F)ccc2S[C@H]1CC(=O)N1CCN(c2ccccc2O)CC1. The number of aromatic hydroxyl groups is 1. The number of carbonyl (C=O) groups excluding carboxylic acids is 2. The van der Waals surface area contributed by atoms with Crippen molar-refractivity contribution in [2.45, 2.75) is 22.7 Å². The van der Waals surface area contributed by atoms with Crippen LogP contribution >= 0.6 is 11.8 Å². The number of hydrogen-bond acceptors (Lipinski definition) is 5. The number of thioether (sulfide) groups is 1. The molecule has 0 aliphatic carbocycles. The van der Waals surface area contributed by atoms with Crippen LogP contribution in [0.1, 0.15) is 12.0 Å². The number of amides is 2. The number of phenolic OH excluding ortho intramolecular Hbond substituents is 1. The van der Waals surface area contributed by atoms with E-state index in [1.54, 1.807) is 17.0 Å². The number of piperazine rings is 1. The lowest BCUT2D eigenvalue weighted by Crippen LogP contribution is -2.49. The van der Waals surface area contributed by atoms with E-state index in [0.29, 0.717) is 36.8 Å². The minimum Gasteiger partial charge on any atom is -0.506 e. The minimum absolute atomic E-state index is 0.0342. The van der Waals surface area contributed by atoms with Crippen molar-refractivity contribution in [2.75, 3.05) is 36.4 Å². The van der Waals surface area contributed by atoms with E-state index in [1.807, 2.05) is 17.0 Å². The summed E-state index contributed by atoms with van der Waals surface area (Å²) in [5, 5.41) is 11.8. The summed E-state index contributed by atoms with van der Waals surface area (Å²) in [5.41, 5.74) is 0.000420. The predicted molar refractivity (Wildman–Crippen MR) is 111 cm³/mol. The Hall–Kier alpha value is -2.88. The molecule has 2 aliphatic heterocycles. The van der Waals surface area contributed by atoms with Crippen LogP contribution in [-0.2, 0) is 15.8 Å². The molecular weight excluding hydrogens is 431 g/mol. The van der Waals surface area contributed by atoms with Crippen molar-refractivity contribution in [3.63, 3.8) is 0 Å². The van der Waals surface area contributed by atoms with Crippen LogP contribution in [0.25, 0.3) is 0 Å². The number of carbonyl (C=O) groups is 2. The zero-order chi connectivity index (χ0) is 22.2. The normalized spacial score (nSPS) is 19.1. The maximum atomic E-state index is 12.9. The first kappa shape index (κ1) is 21.4. The summed E-state index contributed by atoms with van der Waals surface area (Å²) in [6, 6.07) is 10.2. The molecule has 4 rings (SSSR count). The van der Waals surface area contributed by atoms with Crippen molar-refractivity contribution in [3.8, 4) is 5.75 Å². The zero-order valence-electron chi connectivity index (χ0n) is 16.4. The highest BCUT2D eigenvalue weighted by Crippen LogP contribution is 2.40. The number of nitrogens with zero attached hydrogens (tertiary/aromatic N) is 2. The summed E-state index contributed by atoms with van der Waals surface area (Å²) >= 11 is 1.11. The standard InChI is InChI=1S/C21H20F3N3O3S/c22-21(23,24)13-5-6-17-14(11-13)25-20(30)18(31-17)12-19(29)27-9-7-26(8-10-27)15-3-1-2-4-16(15)28/h1-6,11,18,28H,7-10,12H2,(H,25,30)/t18-/m0/s1. The molecule has 0 spiro atoms. The maximum absolute atomic E-state index is 12.9. The number of alkyl halides is 3. The fourth-order valence-electron chi connectivity index (χ4n) is 3.68. The molecule has 1 saturated heterocycles. The summed E-state index contributed by atoms with van der Waals surface area (Å²) in [6.45, 7) is 2.02. The summed E-state index contributed by atoms with van der Waals surface area (Å²) in [5.74, 6) is -0.470. The van der Waals surface area contributed by atoms with Gasteiger partial charge < -0.3 is 20.2 Å². The quantitative estimate of drug-likeness (QED) is 0.747. The van der Waals surface area contributed by atoms with Gasteiger partial charge in [0.2, 0.25) is 11.8 Å². The van der Waals surface area contributed by atoms with E-state index < -0.39 is 22.9 Å². The van der Waals surface area contributed by atoms with Gasteiger partial charge in [0.05, 0.1) is 22.2 Å². The van der Waals surface area contributed by atoms with Crippen molar-refractivity contribution in [3.05, 3.63) is 48.0 Å². The number of hydrogen-bond donors (Lipinski definition) is 2. The van der Waals surface area contributed by atoms with Gasteiger partial charge in [0.25, 0.3) is 0 Å². The number of fused-ring (bicyclic) bond motifs is 1. The van der Waals surface area contributed by atoms with Gasteiger partial charge in [-0.25, -0.2) is 0 Å². The Bertz CT molecular complexity index is 1010. The molecule has 2 aromatic carbocycles. The second kappa shape index (κ2) is 8.33. The molecule has 2 N–H and O–H groups in total. The fourth-order valence-corrected chi connectivity index (χ4v) is 4.76. The minimum atomic E-state index is -4.49. The molecule has 2 heterocycles. The lowest BCUT2D eigenvalue weighted by molar-refractivity contribution is -0.137. The van der Waals surface area contributed by atoms with Gasteiger partial charge in [-0.2, -0.15) is 13.2 Å². The molecule has 10 heteroatoms. The first-order valence-electron chi connectivity index (χ1n) is 9.72. The maximum Gasteiger partial charge on any atom is 0.416 e. The monoisotopic (exact) mass is 451 g/mol. The molecule has 6 nitrogen and oxygen atoms in total. The molecule has 0 radical (unpaired) electrons. The highest BCUT2D eigenvalue weighted by molar-refractivity contribution is 8.01.